The van der Waals surface area contributed by atoms with Crippen molar-refractivity contribution in [1.29, 1.82) is 0 Å². The second-order valence-corrected chi connectivity index (χ2v) is 4.25. The molecule has 0 saturated heterocycles. The molecule has 4 heteroatoms. The third-order valence-electron chi connectivity index (χ3n) is 2.35. The van der Waals surface area contributed by atoms with Crippen LogP contribution in [0.5, 0.6) is 5.75 Å². The van der Waals surface area contributed by atoms with Crippen molar-refractivity contribution >= 4 is 11.3 Å². The summed E-state index contributed by atoms with van der Waals surface area (Å²) in [5, 5.41) is 14.9. The van der Waals surface area contributed by atoms with Crippen LogP contribution >= 0.6 is 11.3 Å². The number of phenols is 1. The lowest BCUT2D eigenvalue weighted by atomic mass is 10.2. The van der Waals surface area contributed by atoms with Crippen molar-refractivity contribution in [2.45, 2.75) is 13.0 Å². The first-order valence-electron chi connectivity index (χ1n) is 5.21. The fourth-order valence-electron chi connectivity index (χ4n) is 1.46. The molecule has 2 N–H and O–H groups in total. The van der Waals surface area contributed by atoms with Crippen LogP contribution in [-0.2, 0) is 13.0 Å². The third kappa shape index (κ3) is 3.05. The highest BCUT2D eigenvalue weighted by Crippen LogP contribution is 2.14. The molecule has 0 atom stereocenters. The first-order chi connectivity index (χ1) is 7.86. The van der Waals surface area contributed by atoms with E-state index in [0.717, 1.165) is 24.2 Å². The van der Waals surface area contributed by atoms with Gasteiger partial charge in [-0.1, -0.05) is 18.2 Å². The molecule has 1 heterocycles. The molecule has 1 aromatic carbocycles. The van der Waals surface area contributed by atoms with Gasteiger partial charge in [-0.15, -0.1) is 11.3 Å². The maximum atomic E-state index is 9.54. The summed E-state index contributed by atoms with van der Waals surface area (Å²) in [5.41, 5.74) is 3.90. The molecule has 0 aliphatic heterocycles. The van der Waals surface area contributed by atoms with E-state index < -0.39 is 0 Å². The number of nitrogens with one attached hydrogen (secondary N) is 1. The lowest BCUT2D eigenvalue weighted by Gasteiger charge is -2.05. The van der Waals surface area contributed by atoms with E-state index in [2.05, 4.69) is 15.7 Å². The zero-order valence-corrected chi connectivity index (χ0v) is 9.70. The van der Waals surface area contributed by atoms with Crippen LogP contribution in [0.2, 0.25) is 0 Å². The van der Waals surface area contributed by atoms with E-state index in [-0.39, 0.29) is 0 Å². The Bertz CT molecular complexity index is 428. The van der Waals surface area contributed by atoms with Crippen molar-refractivity contribution in [1.82, 2.24) is 10.3 Å². The Morgan fingerprint density at radius 1 is 1.31 bits per heavy atom. The predicted octanol–water partition coefficient (Wildman–Crippen LogP) is 2.18. The summed E-state index contributed by atoms with van der Waals surface area (Å²) >= 11 is 1.62. The molecule has 0 fully saturated rings. The average molecular weight is 234 g/mol. The van der Waals surface area contributed by atoms with E-state index in [9.17, 15) is 5.11 Å². The highest BCUT2D eigenvalue weighted by atomic mass is 32.1. The number of phenolic OH excluding ortho intramolecular Hbond substituents is 1. The van der Waals surface area contributed by atoms with Crippen molar-refractivity contribution < 1.29 is 5.11 Å². The summed E-state index contributed by atoms with van der Waals surface area (Å²) < 4.78 is 0. The number of thiazole rings is 1. The smallest absolute Gasteiger partial charge is 0.120 e. The van der Waals surface area contributed by atoms with Crippen molar-refractivity contribution in [2.75, 3.05) is 6.54 Å². The van der Waals surface area contributed by atoms with Crippen LogP contribution in [0, 0.1) is 0 Å². The van der Waals surface area contributed by atoms with E-state index >= 15 is 0 Å². The number of aromatic hydroxyl groups is 1. The van der Waals surface area contributed by atoms with Gasteiger partial charge in [0, 0.05) is 30.5 Å². The molecule has 2 rings (SSSR count). The standard InChI is InChI=1S/C12H14N2OS/c15-12-4-2-1-3-10(12)7-13-6-5-11-8-16-9-14-11/h1-4,8-9,13,15H,5-7H2. The van der Waals surface area contributed by atoms with Gasteiger partial charge >= 0.3 is 0 Å². The van der Waals surface area contributed by atoms with Crippen LogP contribution in [0.15, 0.2) is 35.2 Å². The van der Waals surface area contributed by atoms with Gasteiger partial charge in [-0.25, -0.2) is 4.98 Å². The van der Waals surface area contributed by atoms with E-state index in [0.29, 0.717) is 12.3 Å². The molecular weight excluding hydrogens is 220 g/mol. The van der Waals surface area contributed by atoms with E-state index in [1.807, 2.05) is 23.7 Å². The Balaban J connectivity index is 1.74. The Kier molecular flexibility index (Phi) is 3.91. The number of aromatic nitrogens is 1. The Hall–Kier alpha value is -1.39. The SMILES string of the molecule is Oc1ccccc1CNCCc1cscn1. The summed E-state index contributed by atoms with van der Waals surface area (Å²) in [6.07, 6.45) is 0.928. The van der Waals surface area contributed by atoms with E-state index in [1.165, 1.54) is 0 Å². The number of nitrogens with zero attached hydrogens (tertiary/aromatic N) is 1. The topological polar surface area (TPSA) is 45.1 Å². The fraction of sp³-hybridized carbons (Fsp3) is 0.250. The highest BCUT2D eigenvalue weighted by Gasteiger charge is 1.99. The second kappa shape index (κ2) is 5.63. The van der Waals surface area contributed by atoms with Crippen molar-refractivity contribution in [3.05, 3.63) is 46.4 Å². The Morgan fingerprint density at radius 2 is 2.19 bits per heavy atom. The largest absolute Gasteiger partial charge is 0.508 e. The summed E-state index contributed by atoms with van der Waals surface area (Å²) in [6.45, 7) is 1.56. The average Bonchev–Trinajstić information content (AvgIpc) is 2.79. The zero-order valence-electron chi connectivity index (χ0n) is 8.89. The van der Waals surface area contributed by atoms with Gasteiger partial charge in [0.1, 0.15) is 5.75 Å². The van der Waals surface area contributed by atoms with Gasteiger partial charge in [-0.2, -0.15) is 0 Å². The van der Waals surface area contributed by atoms with Crippen LogP contribution in [0.3, 0.4) is 0 Å². The van der Waals surface area contributed by atoms with E-state index in [1.54, 1.807) is 17.4 Å². The lowest BCUT2D eigenvalue weighted by molar-refractivity contribution is 0.464. The number of rotatable bonds is 5. The number of hydrogen-bond donors (Lipinski definition) is 2. The minimum absolute atomic E-state index is 0.351. The third-order valence-corrected chi connectivity index (χ3v) is 2.98. The highest BCUT2D eigenvalue weighted by molar-refractivity contribution is 7.07. The molecule has 16 heavy (non-hydrogen) atoms. The molecule has 0 radical (unpaired) electrons. The minimum atomic E-state index is 0.351. The van der Waals surface area contributed by atoms with Gasteiger partial charge in [-0.05, 0) is 6.07 Å². The second-order valence-electron chi connectivity index (χ2n) is 3.54. The monoisotopic (exact) mass is 234 g/mol. The minimum Gasteiger partial charge on any atom is -0.508 e. The van der Waals surface area contributed by atoms with Gasteiger partial charge in [0.05, 0.1) is 11.2 Å². The fourth-order valence-corrected chi connectivity index (χ4v) is 2.05. The van der Waals surface area contributed by atoms with Gasteiger partial charge < -0.3 is 10.4 Å². The summed E-state index contributed by atoms with van der Waals surface area (Å²) in [6, 6.07) is 7.38. The maximum Gasteiger partial charge on any atom is 0.120 e. The molecule has 0 aliphatic rings. The normalized spacial score (nSPS) is 10.5. The first-order valence-corrected chi connectivity index (χ1v) is 6.15. The van der Waals surface area contributed by atoms with Crippen LogP contribution in [0.25, 0.3) is 0 Å². The number of benzene rings is 1. The quantitative estimate of drug-likeness (QED) is 0.779. The van der Waals surface area contributed by atoms with Crippen molar-refractivity contribution in [3.8, 4) is 5.75 Å². The Morgan fingerprint density at radius 3 is 2.94 bits per heavy atom. The van der Waals surface area contributed by atoms with E-state index in [4.69, 9.17) is 0 Å². The summed E-state index contributed by atoms with van der Waals surface area (Å²) in [4.78, 5) is 4.21. The van der Waals surface area contributed by atoms with Crippen LogP contribution in [0.4, 0.5) is 0 Å². The maximum absolute atomic E-state index is 9.54. The van der Waals surface area contributed by atoms with Crippen LogP contribution < -0.4 is 5.32 Å². The van der Waals surface area contributed by atoms with Crippen molar-refractivity contribution in [2.24, 2.45) is 0 Å². The molecular formula is C12H14N2OS. The molecule has 0 saturated carbocycles. The number of para-hydroxylation sites is 1. The summed E-state index contributed by atoms with van der Waals surface area (Å²) in [7, 11) is 0. The number of hydrogen-bond acceptors (Lipinski definition) is 4. The first kappa shape index (κ1) is 11.1. The molecule has 3 nitrogen and oxygen atoms in total. The summed E-state index contributed by atoms with van der Waals surface area (Å²) in [5.74, 6) is 0.351. The van der Waals surface area contributed by atoms with Gasteiger partial charge in [0.2, 0.25) is 0 Å². The zero-order chi connectivity index (χ0) is 11.2. The molecule has 0 spiro atoms. The molecule has 0 aliphatic carbocycles. The molecule has 0 unspecified atom stereocenters. The lowest BCUT2D eigenvalue weighted by Crippen LogP contribution is -2.16. The van der Waals surface area contributed by atoms with Gasteiger partial charge in [0.25, 0.3) is 0 Å². The van der Waals surface area contributed by atoms with Gasteiger partial charge in [0.15, 0.2) is 0 Å². The van der Waals surface area contributed by atoms with Crippen molar-refractivity contribution in [3.63, 3.8) is 0 Å². The molecule has 2 aromatic rings. The molecule has 1 aromatic heterocycles. The Labute approximate surface area is 98.8 Å². The molecule has 0 bridgehead atoms. The van der Waals surface area contributed by atoms with Crippen LogP contribution in [0.1, 0.15) is 11.3 Å². The predicted molar refractivity (Wildman–Crippen MR) is 65.6 cm³/mol. The van der Waals surface area contributed by atoms with Crippen LogP contribution in [-0.4, -0.2) is 16.6 Å². The molecule has 0 amide bonds. The molecule has 84 valence electrons. The van der Waals surface area contributed by atoms with Gasteiger partial charge in [-0.3, -0.25) is 0 Å².